The van der Waals surface area contributed by atoms with Crippen molar-refractivity contribution in [2.45, 2.75) is 12.3 Å². The number of rotatable bonds is 5. The average Bonchev–Trinajstić information content (AvgIpc) is 3.96. The van der Waals surface area contributed by atoms with Crippen molar-refractivity contribution in [1.29, 1.82) is 0 Å². The van der Waals surface area contributed by atoms with E-state index in [1.54, 1.807) is 0 Å². The SMILES string of the molecule is c1ccc(C2=NC(c3ccc4c(c3)oc3cccc(-c5cccc6c5c5ccccc5n6-c5ccccc5)c34)NC(c3ccc4c(c3)sc3ccccc34)N2)cc1. The van der Waals surface area contributed by atoms with Crippen LogP contribution in [-0.4, -0.2) is 10.4 Å². The van der Waals surface area contributed by atoms with Crippen molar-refractivity contribution in [3.05, 3.63) is 199 Å². The minimum Gasteiger partial charge on any atom is -0.456 e. The number of aliphatic imine (C=N–C) groups is 1. The van der Waals surface area contributed by atoms with E-state index < -0.39 is 0 Å². The third-order valence-electron chi connectivity index (χ3n) is 11.5. The van der Waals surface area contributed by atoms with Crippen molar-refractivity contribution in [3.8, 4) is 16.8 Å². The molecule has 4 heterocycles. The predicted octanol–water partition coefficient (Wildman–Crippen LogP) is 13.1. The van der Waals surface area contributed by atoms with Gasteiger partial charge in [0.1, 0.15) is 29.3 Å². The molecule has 8 aromatic carbocycles. The summed E-state index contributed by atoms with van der Waals surface area (Å²) < 4.78 is 11.7. The Morgan fingerprint density at radius 3 is 2.07 bits per heavy atom. The van der Waals surface area contributed by atoms with Gasteiger partial charge in [0.15, 0.2) is 0 Å². The van der Waals surface area contributed by atoms with E-state index in [2.05, 4.69) is 191 Å². The second kappa shape index (κ2) is 12.8. The van der Waals surface area contributed by atoms with Crippen LogP contribution in [0.5, 0.6) is 0 Å². The van der Waals surface area contributed by atoms with Crippen LogP contribution in [0.4, 0.5) is 0 Å². The quantitative estimate of drug-likeness (QED) is 0.184. The van der Waals surface area contributed by atoms with E-state index in [0.29, 0.717) is 0 Å². The fourth-order valence-electron chi connectivity index (χ4n) is 8.90. The Bertz CT molecular complexity index is 3380. The van der Waals surface area contributed by atoms with Crippen molar-refractivity contribution >= 4 is 81.1 Å². The Kier molecular flexibility index (Phi) is 7.24. The van der Waals surface area contributed by atoms with Crippen LogP contribution < -0.4 is 10.6 Å². The molecule has 0 amide bonds. The summed E-state index contributed by atoms with van der Waals surface area (Å²) in [4.78, 5) is 5.26. The molecule has 0 fully saturated rings. The molecule has 0 spiro atoms. The highest BCUT2D eigenvalue weighted by Crippen LogP contribution is 2.44. The molecule has 5 nitrogen and oxygen atoms in total. The Hall–Kier alpha value is -6.99. The molecule has 2 N–H and O–H groups in total. The molecule has 57 heavy (non-hydrogen) atoms. The van der Waals surface area contributed by atoms with Crippen molar-refractivity contribution in [2.75, 3.05) is 0 Å². The molecule has 6 heteroatoms. The number of nitrogens with zero attached hydrogens (tertiary/aromatic N) is 2. The lowest BCUT2D eigenvalue weighted by molar-refractivity contribution is 0.409. The van der Waals surface area contributed by atoms with Gasteiger partial charge in [-0.3, -0.25) is 5.32 Å². The highest BCUT2D eigenvalue weighted by Gasteiger charge is 2.27. The van der Waals surface area contributed by atoms with E-state index in [4.69, 9.17) is 9.41 Å². The first-order chi connectivity index (χ1) is 28.2. The zero-order valence-corrected chi connectivity index (χ0v) is 31.5. The maximum Gasteiger partial charge on any atom is 0.136 e. The highest BCUT2D eigenvalue weighted by atomic mass is 32.1. The van der Waals surface area contributed by atoms with Crippen LogP contribution in [0.3, 0.4) is 0 Å². The van der Waals surface area contributed by atoms with Gasteiger partial charge in [-0.25, -0.2) is 4.99 Å². The molecule has 11 aromatic rings. The van der Waals surface area contributed by atoms with E-state index in [9.17, 15) is 0 Å². The molecule has 0 radical (unpaired) electrons. The summed E-state index contributed by atoms with van der Waals surface area (Å²) in [6.45, 7) is 0. The van der Waals surface area contributed by atoms with Gasteiger partial charge in [0, 0.05) is 53.0 Å². The lowest BCUT2D eigenvalue weighted by Crippen LogP contribution is -2.44. The molecule has 12 rings (SSSR count). The topological polar surface area (TPSA) is 54.5 Å². The Morgan fingerprint density at radius 1 is 0.509 bits per heavy atom. The summed E-state index contributed by atoms with van der Waals surface area (Å²) in [6, 6.07) is 64.9. The highest BCUT2D eigenvalue weighted by molar-refractivity contribution is 7.25. The number of para-hydroxylation sites is 2. The normalized spacial score (nSPS) is 15.9. The number of hydrogen-bond donors (Lipinski definition) is 2. The van der Waals surface area contributed by atoms with Crippen molar-refractivity contribution in [1.82, 2.24) is 15.2 Å². The summed E-state index contributed by atoms with van der Waals surface area (Å²) in [5.74, 6) is 0.857. The van der Waals surface area contributed by atoms with Gasteiger partial charge in [-0.15, -0.1) is 11.3 Å². The standard InChI is InChI=1S/C51H34N4OS/c1-3-13-31(14-4-1)49-52-50(54-51(53-49)33-25-27-36-35-17-8-10-24-45(35)57-46(36)30-33)32-26-28-40-44(29-32)56-43-23-12-20-38(48(40)43)37-19-11-22-42-47(37)39-18-7-9-21-41(39)55(42)34-15-5-2-6-16-34/h1-30,50-51,54H,(H,52,53). The lowest BCUT2D eigenvalue weighted by Gasteiger charge is -2.32. The van der Waals surface area contributed by atoms with Gasteiger partial charge in [-0.2, -0.15) is 0 Å². The summed E-state index contributed by atoms with van der Waals surface area (Å²) in [6.07, 6.45) is -0.465. The third-order valence-corrected chi connectivity index (χ3v) is 12.6. The summed E-state index contributed by atoms with van der Waals surface area (Å²) in [5, 5.41) is 14.8. The molecular weight excluding hydrogens is 717 g/mol. The number of furan rings is 1. The molecule has 0 aliphatic carbocycles. The number of nitrogens with one attached hydrogen (secondary N) is 2. The van der Waals surface area contributed by atoms with Gasteiger partial charge in [0.2, 0.25) is 0 Å². The molecule has 1 aliphatic heterocycles. The van der Waals surface area contributed by atoms with Crippen molar-refractivity contribution < 1.29 is 4.42 Å². The minimum atomic E-state index is -0.306. The number of aromatic nitrogens is 1. The van der Waals surface area contributed by atoms with Crippen molar-refractivity contribution in [3.63, 3.8) is 0 Å². The van der Waals surface area contributed by atoms with Gasteiger partial charge in [-0.1, -0.05) is 133 Å². The first kappa shape index (κ1) is 32.3. The number of amidine groups is 1. The lowest BCUT2D eigenvalue weighted by atomic mass is 9.95. The van der Waals surface area contributed by atoms with Crippen LogP contribution in [0.2, 0.25) is 0 Å². The van der Waals surface area contributed by atoms with Crippen LogP contribution in [0.25, 0.3) is 80.7 Å². The number of thiophene rings is 1. The smallest absolute Gasteiger partial charge is 0.136 e. The molecule has 2 atom stereocenters. The summed E-state index contributed by atoms with van der Waals surface area (Å²) >= 11 is 1.84. The Labute approximate surface area is 332 Å². The molecule has 2 unspecified atom stereocenters. The maximum absolute atomic E-state index is 6.72. The first-order valence-corrected chi connectivity index (χ1v) is 20.2. The van der Waals surface area contributed by atoms with E-state index in [-0.39, 0.29) is 12.3 Å². The zero-order chi connectivity index (χ0) is 37.5. The molecule has 1 aliphatic rings. The molecular formula is C51H34N4OS. The molecule has 3 aromatic heterocycles. The summed E-state index contributed by atoms with van der Waals surface area (Å²) in [5.41, 5.74) is 10.8. The fraction of sp³-hybridized carbons (Fsp3) is 0.0392. The fourth-order valence-corrected chi connectivity index (χ4v) is 10.1. The van der Waals surface area contributed by atoms with Gasteiger partial charge in [0.05, 0.1) is 11.0 Å². The molecule has 0 bridgehead atoms. The average molecular weight is 751 g/mol. The van der Waals surface area contributed by atoms with E-state index >= 15 is 0 Å². The van der Waals surface area contributed by atoms with Crippen LogP contribution in [0.15, 0.2) is 191 Å². The van der Waals surface area contributed by atoms with E-state index in [1.807, 2.05) is 17.4 Å². The van der Waals surface area contributed by atoms with E-state index in [1.165, 1.54) is 53.1 Å². The first-order valence-electron chi connectivity index (χ1n) is 19.4. The van der Waals surface area contributed by atoms with Gasteiger partial charge < -0.3 is 14.3 Å². The number of benzene rings is 8. The summed E-state index contributed by atoms with van der Waals surface area (Å²) in [7, 11) is 0. The molecule has 0 saturated carbocycles. The second-order valence-electron chi connectivity index (χ2n) is 14.8. The Morgan fingerprint density at radius 2 is 1.19 bits per heavy atom. The van der Waals surface area contributed by atoms with Crippen LogP contribution >= 0.6 is 11.3 Å². The van der Waals surface area contributed by atoms with E-state index in [0.717, 1.165) is 50.2 Å². The van der Waals surface area contributed by atoms with Crippen molar-refractivity contribution in [2.24, 2.45) is 4.99 Å². The largest absolute Gasteiger partial charge is 0.456 e. The molecule has 270 valence electrons. The van der Waals surface area contributed by atoms with Gasteiger partial charge in [-0.05, 0) is 70.8 Å². The van der Waals surface area contributed by atoms with Gasteiger partial charge in [0.25, 0.3) is 0 Å². The predicted molar refractivity (Wildman–Crippen MR) is 238 cm³/mol. The van der Waals surface area contributed by atoms with Gasteiger partial charge >= 0.3 is 0 Å². The molecule has 0 saturated heterocycles. The monoisotopic (exact) mass is 750 g/mol. The minimum absolute atomic E-state index is 0.159. The van der Waals surface area contributed by atoms with Crippen LogP contribution in [0.1, 0.15) is 29.0 Å². The van der Waals surface area contributed by atoms with Crippen LogP contribution in [0, 0.1) is 0 Å². The second-order valence-corrected chi connectivity index (χ2v) is 15.9. The number of fused-ring (bicyclic) bond motifs is 9. The maximum atomic E-state index is 6.72. The zero-order valence-electron chi connectivity index (χ0n) is 30.7. The third kappa shape index (κ3) is 5.15. The van der Waals surface area contributed by atoms with Crippen LogP contribution in [-0.2, 0) is 0 Å². The number of hydrogen-bond acceptors (Lipinski definition) is 5. The Balaban J connectivity index is 0.983.